The lowest BCUT2D eigenvalue weighted by molar-refractivity contribution is 0.181. The van der Waals surface area contributed by atoms with E-state index < -0.39 is 0 Å². The number of ether oxygens (including phenoxy) is 1. The number of anilines is 1. The topological polar surface area (TPSA) is 97.7 Å². The largest absolute Gasteiger partial charge is 0.378 e. The highest BCUT2D eigenvalue weighted by Crippen LogP contribution is 2.04. The molecule has 0 saturated heterocycles. The molecule has 2 aromatic rings. The molecule has 0 atom stereocenters. The Balaban J connectivity index is 1.90. The van der Waals surface area contributed by atoms with Crippen LogP contribution in [0.5, 0.6) is 0 Å². The van der Waals surface area contributed by atoms with Crippen molar-refractivity contribution in [2.75, 3.05) is 19.0 Å². The summed E-state index contributed by atoms with van der Waals surface area (Å²) >= 11 is 0. The second-order valence-corrected chi connectivity index (χ2v) is 4.01. The maximum Gasteiger partial charge on any atom is 0.343 e. The first-order chi connectivity index (χ1) is 9.20. The average Bonchev–Trinajstić information content (AvgIpc) is 2.72. The number of hydrogen-bond acceptors (Lipinski definition) is 6. The van der Waals surface area contributed by atoms with Gasteiger partial charge in [-0.15, -0.1) is 0 Å². The molecule has 0 bridgehead atoms. The maximum absolute atomic E-state index is 11.2. The van der Waals surface area contributed by atoms with Crippen LogP contribution in [-0.4, -0.2) is 38.4 Å². The fraction of sp³-hybridized carbons (Fsp3) is 0.455. The van der Waals surface area contributed by atoms with E-state index in [-0.39, 0.29) is 5.69 Å². The molecule has 19 heavy (non-hydrogen) atoms. The van der Waals surface area contributed by atoms with E-state index in [1.165, 1.54) is 10.9 Å². The van der Waals surface area contributed by atoms with Gasteiger partial charge in [-0.1, -0.05) is 0 Å². The molecule has 2 aromatic heterocycles. The van der Waals surface area contributed by atoms with E-state index in [1.807, 2.05) is 6.07 Å². The van der Waals surface area contributed by atoms with Gasteiger partial charge in [0.1, 0.15) is 18.0 Å². The van der Waals surface area contributed by atoms with Gasteiger partial charge in [0.15, 0.2) is 0 Å². The summed E-state index contributed by atoms with van der Waals surface area (Å²) in [7, 11) is 3.30. The van der Waals surface area contributed by atoms with Gasteiger partial charge < -0.3 is 10.1 Å². The predicted octanol–water partition coefficient (Wildman–Crippen LogP) is -0.301. The molecule has 2 rings (SSSR count). The van der Waals surface area contributed by atoms with Crippen LogP contribution in [0.15, 0.2) is 17.2 Å². The Labute approximate surface area is 109 Å². The molecule has 0 radical (unpaired) electrons. The molecular weight excluding hydrogens is 248 g/mol. The zero-order chi connectivity index (χ0) is 13.7. The van der Waals surface area contributed by atoms with Crippen LogP contribution >= 0.6 is 0 Å². The van der Waals surface area contributed by atoms with Gasteiger partial charge in [-0.2, -0.15) is 5.10 Å². The van der Waals surface area contributed by atoms with E-state index in [2.05, 4.69) is 25.5 Å². The zero-order valence-electron chi connectivity index (χ0n) is 10.9. The minimum absolute atomic E-state index is 0.209. The Hall–Kier alpha value is -2.22. The van der Waals surface area contributed by atoms with Crippen molar-refractivity contribution in [2.45, 2.75) is 13.0 Å². The van der Waals surface area contributed by atoms with E-state index in [4.69, 9.17) is 4.74 Å². The van der Waals surface area contributed by atoms with Crippen molar-refractivity contribution in [3.8, 4) is 0 Å². The van der Waals surface area contributed by atoms with Crippen molar-refractivity contribution < 1.29 is 4.74 Å². The van der Waals surface area contributed by atoms with Crippen LogP contribution in [0.3, 0.4) is 0 Å². The van der Waals surface area contributed by atoms with E-state index in [0.29, 0.717) is 25.4 Å². The fourth-order valence-electron chi connectivity index (χ4n) is 1.63. The average molecular weight is 264 g/mol. The Kier molecular flexibility index (Phi) is 4.24. The molecule has 0 amide bonds. The predicted molar refractivity (Wildman–Crippen MR) is 68.8 cm³/mol. The highest BCUT2D eigenvalue weighted by atomic mass is 16.5. The first-order valence-electron chi connectivity index (χ1n) is 5.84. The molecule has 8 nitrogen and oxygen atoms in total. The van der Waals surface area contributed by atoms with Gasteiger partial charge in [0.05, 0.1) is 12.3 Å². The molecule has 2 N–H and O–H groups in total. The summed E-state index contributed by atoms with van der Waals surface area (Å²) in [5.74, 6) is 1.42. The third-order valence-electron chi connectivity index (χ3n) is 2.64. The highest BCUT2D eigenvalue weighted by molar-refractivity contribution is 5.34. The van der Waals surface area contributed by atoms with Crippen LogP contribution in [0.25, 0.3) is 0 Å². The molecule has 0 aromatic carbocycles. The number of nitrogens with zero attached hydrogens (tertiary/aromatic N) is 4. The second kappa shape index (κ2) is 6.10. The molecule has 0 saturated carbocycles. The van der Waals surface area contributed by atoms with Crippen molar-refractivity contribution in [3.05, 3.63) is 34.4 Å². The lowest BCUT2D eigenvalue weighted by atomic mass is 10.3. The first kappa shape index (κ1) is 13.2. The van der Waals surface area contributed by atoms with Gasteiger partial charge in [-0.05, 0) is 0 Å². The molecule has 8 heteroatoms. The summed E-state index contributed by atoms with van der Waals surface area (Å²) in [6.07, 6.45) is 2.11. The number of hydrogen-bond donors (Lipinski definition) is 2. The monoisotopic (exact) mass is 264 g/mol. The number of rotatable bonds is 6. The number of aromatic nitrogens is 5. The molecule has 0 aliphatic rings. The molecule has 2 heterocycles. The number of H-pyrrole nitrogens is 1. The van der Waals surface area contributed by atoms with Gasteiger partial charge >= 0.3 is 5.69 Å². The van der Waals surface area contributed by atoms with Crippen LogP contribution in [0.1, 0.15) is 11.5 Å². The molecule has 0 spiro atoms. The highest BCUT2D eigenvalue weighted by Gasteiger charge is 2.04. The second-order valence-electron chi connectivity index (χ2n) is 4.01. The molecule has 102 valence electrons. The molecular formula is C11H16N6O2. The summed E-state index contributed by atoms with van der Waals surface area (Å²) in [5.41, 5.74) is 0.603. The SMILES string of the molecule is COCc1cc(NCCc2n[nH]c(=O)n2C)ncn1. The third kappa shape index (κ3) is 3.38. The summed E-state index contributed by atoms with van der Waals surface area (Å²) in [4.78, 5) is 19.4. The van der Waals surface area contributed by atoms with Crippen molar-refractivity contribution >= 4 is 5.82 Å². The van der Waals surface area contributed by atoms with Crippen LogP contribution in [0.4, 0.5) is 5.82 Å². The van der Waals surface area contributed by atoms with Crippen molar-refractivity contribution in [2.24, 2.45) is 7.05 Å². The number of nitrogens with one attached hydrogen (secondary N) is 2. The Bertz CT molecular complexity index is 591. The summed E-state index contributed by atoms with van der Waals surface area (Å²) < 4.78 is 6.49. The van der Waals surface area contributed by atoms with Gasteiger partial charge in [0, 0.05) is 33.2 Å². The molecule has 0 aliphatic carbocycles. The Morgan fingerprint density at radius 2 is 2.32 bits per heavy atom. The van der Waals surface area contributed by atoms with Gasteiger partial charge in [0.25, 0.3) is 0 Å². The molecule has 0 aliphatic heterocycles. The lowest BCUT2D eigenvalue weighted by Gasteiger charge is -2.06. The summed E-state index contributed by atoms with van der Waals surface area (Å²) in [6.45, 7) is 1.08. The Morgan fingerprint density at radius 1 is 1.47 bits per heavy atom. The molecule has 0 fully saturated rings. The number of methoxy groups -OCH3 is 1. The fourth-order valence-corrected chi connectivity index (χ4v) is 1.63. The standard InChI is InChI=1S/C11H16N6O2/c1-17-10(15-16-11(17)18)3-4-12-9-5-8(6-19-2)13-7-14-9/h5,7H,3-4,6H2,1-2H3,(H,16,18)(H,12,13,14). The van der Waals surface area contributed by atoms with Crippen molar-refractivity contribution in [3.63, 3.8) is 0 Å². The van der Waals surface area contributed by atoms with Gasteiger partial charge in [-0.3, -0.25) is 4.57 Å². The van der Waals surface area contributed by atoms with Crippen molar-refractivity contribution in [1.82, 2.24) is 24.7 Å². The lowest BCUT2D eigenvalue weighted by Crippen LogP contribution is -2.16. The van der Waals surface area contributed by atoms with Crippen LogP contribution in [-0.2, 0) is 24.8 Å². The minimum Gasteiger partial charge on any atom is -0.378 e. The van der Waals surface area contributed by atoms with Crippen LogP contribution in [0.2, 0.25) is 0 Å². The van der Waals surface area contributed by atoms with E-state index in [1.54, 1.807) is 14.2 Å². The zero-order valence-corrected chi connectivity index (χ0v) is 10.9. The smallest absolute Gasteiger partial charge is 0.343 e. The third-order valence-corrected chi connectivity index (χ3v) is 2.64. The normalized spacial score (nSPS) is 10.6. The minimum atomic E-state index is -0.209. The first-order valence-corrected chi connectivity index (χ1v) is 5.84. The summed E-state index contributed by atoms with van der Waals surface area (Å²) in [6, 6.07) is 1.83. The van der Waals surface area contributed by atoms with E-state index in [0.717, 1.165) is 11.5 Å². The van der Waals surface area contributed by atoms with E-state index >= 15 is 0 Å². The van der Waals surface area contributed by atoms with Crippen LogP contribution in [0, 0.1) is 0 Å². The quantitative estimate of drug-likeness (QED) is 0.743. The maximum atomic E-state index is 11.2. The Morgan fingerprint density at radius 3 is 3.00 bits per heavy atom. The number of aromatic amines is 1. The molecule has 0 unspecified atom stereocenters. The van der Waals surface area contributed by atoms with Gasteiger partial charge in [-0.25, -0.2) is 19.9 Å². The van der Waals surface area contributed by atoms with Crippen LogP contribution < -0.4 is 11.0 Å². The van der Waals surface area contributed by atoms with Gasteiger partial charge in [0.2, 0.25) is 0 Å². The van der Waals surface area contributed by atoms with E-state index in [9.17, 15) is 4.79 Å². The van der Waals surface area contributed by atoms with Crippen molar-refractivity contribution in [1.29, 1.82) is 0 Å². The summed E-state index contributed by atoms with van der Waals surface area (Å²) in [5, 5.41) is 9.48.